The molecule has 0 unspecified atom stereocenters. The number of aromatic nitrogens is 2. The van der Waals surface area contributed by atoms with Crippen LogP contribution in [0.15, 0.2) is 66.9 Å². The topological polar surface area (TPSA) is 44.3 Å². The SMILES string of the molecule is Fc1ccc(N2CCN(c3ccnc(NCCCc4ccccc4)n3)CC2)cc1. The zero-order valence-electron chi connectivity index (χ0n) is 16.5. The Morgan fingerprint density at radius 3 is 2.34 bits per heavy atom. The molecule has 2 aromatic carbocycles. The molecule has 0 aliphatic carbocycles. The smallest absolute Gasteiger partial charge is 0.224 e. The quantitative estimate of drug-likeness (QED) is 0.617. The number of piperazine rings is 1. The number of hydrogen-bond donors (Lipinski definition) is 1. The van der Waals surface area contributed by atoms with Gasteiger partial charge in [0, 0.05) is 44.6 Å². The Morgan fingerprint density at radius 1 is 0.862 bits per heavy atom. The molecule has 1 saturated heterocycles. The lowest BCUT2D eigenvalue weighted by molar-refractivity contribution is 0.624. The van der Waals surface area contributed by atoms with E-state index in [4.69, 9.17) is 0 Å². The normalized spacial score (nSPS) is 14.1. The zero-order chi connectivity index (χ0) is 19.9. The first kappa shape index (κ1) is 19.2. The van der Waals surface area contributed by atoms with Gasteiger partial charge in [-0.05, 0) is 48.7 Å². The van der Waals surface area contributed by atoms with E-state index in [0.717, 1.165) is 57.1 Å². The van der Waals surface area contributed by atoms with E-state index in [9.17, 15) is 4.39 Å². The molecule has 0 radical (unpaired) electrons. The lowest BCUT2D eigenvalue weighted by atomic mass is 10.1. The van der Waals surface area contributed by atoms with Crippen molar-refractivity contribution < 1.29 is 4.39 Å². The summed E-state index contributed by atoms with van der Waals surface area (Å²) in [5.41, 5.74) is 2.41. The fourth-order valence-corrected chi connectivity index (χ4v) is 3.59. The first-order valence-electron chi connectivity index (χ1n) is 10.1. The van der Waals surface area contributed by atoms with Crippen molar-refractivity contribution in [2.45, 2.75) is 12.8 Å². The van der Waals surface area contributed by atoms with Crippen LogP contribution >= 0.6 is 0 Å². The molecular weight excluding hydrogens is 365 g/mol. The van der Waals surface area contributed by atoms with Crippen LogP contribution in [0.3, 0.4) is 0 Å². The second-order valence-corrected chi connectivity index (χ2v) is 7.20. The average Bonchev–Trinajstić information content (AvgIpc) is 2.78. The lowest BCUT2D eigenvalue weighted by Gasteiger charge is -2.36. The summed E-state index contributed by atoms with van der Waals surface area (Å²) in [6.45, 7) is 4.37. The fourth-order valence-electron chi connectivity index (χ4n) is 3.59. The van der Waals surface area contributed by atoms with Crippen molar-refractivity contribution in [3.05, 3.63) is 78.2 Å². The Bertz CT molecular complexity index is 893. The van der Waals surface area contributed by atoms with Crippen molar-refractivity contribution in [2.75, 3.05) is 47.8 Å². The summed E-state index contributed by atoms with van der Waals surface area (Å²) in [6, 6.07) is 19.2. The van der Waals surface area contributed by atoms with Crippen LogP contribution in [-0.2, 0) is 6.42 Å². The molecule has 0 amide bonds. The third-order valence-corrected chi connectivity index (χ3v) is 5.20. The van der Waals surface area contributed by atoms with Gasteiger partial charge in [-0.2, -0.15) is 4.98 Å². The van der Waals surface area contributed by atoms with Gasteiger partial charge in [0.15, 0.2) is 0 Å². The van der Waals surface area contributed by atoms with E-state index in [1.54, 1.807) is 0 Å². The first-order valence-corrected chi connectivity index (χ1v) is 10.1. The number of halogens is 1. The van der Waals surface area contributed by atoms with Gasteiger partial charge in [0.05, 0.1) is 0 Å². The molecule has 1 aromatic heterocycles. The van der Waals surface area contributed by atoms with Gasteiger partial charge in [-0.1, -0.05) is 30.3 Å². The van der Waals surface area contributed by atoms with Gasteiger partial charge in [-0.15, -0.1) is 0 Å². The van der Waals surface area contributed by atoms with E-state index in [-0.39, 0.29) is 5.82 Å². The van der Waals surface area contributed by atoms with Crippen molar-refractivity contribution >= 4 is 17.5 Å². The Kier molecular flexibility index (Phi) is 6.19. The number of nitrogens with one attached hydrogen (secondary N) is 1. The molecule has 29 heavy (non-hydrogen) atoms. The average molecular weight is 391 g/mol. The highest BCUT2D eigenvalue weighted by Gasteiger charge is 2.18. The van der Waals surface area contributed by atoms with Gasteiger partial charge in [0.25, 0.3) is 0 Å². The van der Waals surface area contributed by atoms with Crippen molar-refractivity contribution in [1.82, 2.24) is 9.97 Å². The molecule has 1 fully saturated rings. The third-order valence-electron chi connectivity index (χ3n) is 5.20. The van der Waals surface area contributed by atoms with Crippen LogP contribution in [0.1, 0.15) is 12.0 Å². The number of nitrogens with zero attached hydrogens (tertiary/aromatic N) is 4. The summed E-state index contributed by atoms with van der Waals surface area (Å²) in [5.74, 6) is 1.43. The first-order chi connectivity index (χ1) is 14.3. The summed E-state index contributed by atoms with van der Waals surface area (Å²) in [7, 11) is 0. The molecule has 5 nitrogen and oxygen atoms in total. The maximum atomic E-state index is 13.1. The molecule has 0 bridgehead atoms. The van der Waals surface area contributed by atoms with E-state index in [1.165, 1.54) is 17.7 Å². The predicted octanol–water partition coefficient (Wildman–Crippen LogP) is 3.99. The molecule has 6 heteroatoms. The van der Waals surface area contributed by atoms with E-state index in [1.807, 2.05) is 30.5 Å². The molecule has 150 valence electrons. The maximum absolute atomic E-state index is 13.1. The molecule has 4 rings (SSSR count). The second kappa shape index (κ2) is 9.37. The number of benzene rings is 2. The van der Waals surface area contributed by atoms with Crippen LogP contribution in [0.2, 0.25) is 0 Å². The summed E-state index contributed by atoms with van der Waals surface area (Å²) >= 11 is 0. The highest BCUT2D eigenvalue weighted by atomic mass is 19.1. The van der Waals surface area contributed by atoms with Crippen LogP contribution in [-0.4, -0.2) is 42.7 Å². The largest absolute Gasteiger partial charge is 0.368 e. The highest BCUT2D eigenvalue weighted by molar-refractivity contribution is 5.50. The minimum Gasteiger partial charge on any atom is -0.368 e. The molecular formula is C23H26FN5. The summed E-state index contributed by atoms with van der Waals surface area (Å²) in [4.78, 5) is 13.6. The molecule has 1 aliphatic rings. The van der Waals surface area contributed by atoms with Crippen LogP contribution in [0.25, 0.3) is 0 Å². The van der Waals surface area contributed by atoms with Gasteiger partial charge < -0.3 is 15.1 Å². The summed E-state index contributed by atoms with van der Waals surface area (Å²) < 4.78 is 13.1. The van der Waals surface area contributed by atoms with Crippen LogP contribution in [0, 0.1) is 5.82 Å². The molecule has 1 N–H and O–H groups in total. The Morgan fingerprint density at radius 2 is 1.59 bits per heavy atom. The Labute approximate surface area is 171 Å². The molecule has 3 aromatic rings. The van der Waals surface area contributed by atoms with Gasteiger partial charge in [-0.3, -0.25) is 0 Å². The molecule has 0 atom stereocenters. The zero-order valence-corrected chi connectivity index (χ0v) is 16.5. The van der Waals surface area contributed by atoms with Crippen molar-refractivity contribution in [1.29, 1.82) is 0 Å². The number of anilines is 3. The minimum absolute atomic E-state index is 0.197. The number of hydrogen-bond acceptors (Lipinski definition) is 5. The molecule has 2 heterocycles. The second-order valence-electron chi connectivity index (χ2n) is 7.20. The van der Waals surface area contributed by atoms with Crippen LogP contribution in [0.5, 0.6) is 0 Å². The van der Waals surface area contributed by atoms with Crippen molar-refractivity contribution in [3.63, 3.8) is 0 Å². The standard InChI is InChI=1S/C23H26FN5/c24-20-8-10-21(11-9-20)28-15-17-29(18-16-28)22-12-14-26-23(27-22)25-13-4-7-19-5-2-1-3-6-19/h1-3,5-6,8-12,14H,4,7,13,15-18H2,(H,25,26,27). The minimum atomic E-state index is -0.197. The maximum Gasteiger partial charge on any atom is 0.224 e. The monoisotopic (exact) mass is 391 g/mol. The molecule has 0 spiro atoms. The van der Waals surface area contributed by atoms with Gasteiger partial charge in [-0.25, -0.2) is 9.37 Å². The molecule has 1 aliphatic heterocycles. The number of rotatable bonds is 7. The van der Waals surface area contributed by atoms with E-state index < -0.39 is 0 Å². The summed E-state index contributed by atoms with van der Waals surface area (Å²) in [6.07, 6.45) is 3.89. The van der Waals surface area contributed by atoms with E-state index in [2.05, 4.69) is 49.4 Å². The van der Waals surface area contributed by atoms with Crippen LogP contribution < -0.4 is 15.1 Å². The lowest BCUT2D eigenvalue weighted by Crippen LogP contribution is -2.46. The van der Waals surface area contributed by atoms with Gasteiger partial charge >= 0.3 is 0 Å². The van der Waals surface area contributed by atoms with Crippen LogP contribution in [0.4, 0.5) is 21.8 Å². The summed E-state index contributed by atoms with van der Waals surface area (Å²) in [5, 5.41) is 3.34. The molecule has 0 saturated carbocycles. The van der Waals surface area contributed by atoms with Crippen molar-refractivity contribution in [3.8, 4) is 0 Å². The van der Waals surface area contributed by atoms with Crippen molar-refractivity contribution in [2.24, 2.45) is 0 Å². The number of aryl methyl sites for hydroxylation is 1. The van der Waals surface area contributed by atoms with Gasteiger partial charge in [0.1, 0.15) is 11.6 Å². The van der Waals surface area contributed by atoms with E-state index >= 15 is 0 Å². The Balaban J connectivity index is 1.27. The van der Waals surface area contributed by atoms with Gasteiger partial charge in [0.2, 0.25) is 5.95 Å². The van der Waals surface area contributed by atoms with E-state index in [0.29, 0.717) is 5.95 Å². The third kappa shape index (κ3) is 5.22. The Hall–Kier alpha value is -3.15. The highest BCUT2D eigenvalue weighted by Crippen LogP contribution is 2.20. The fraction of sp³-hybridized carbons (Fsp3) is 0.304. The predicted molar refractivity (Wildman–Crippen MR) is 116 cm³/mol.